The van der Waals surface area contributed by atoms with Gasteiger partial charge in [-0.25, -0.2) is 0 Å². The van der Waals surface area contributed by atoms with Gasteiger partial charge in [-0.05, 0) is 55.7 Å². The summed E-state index contributed by atoms with van der Waals surface area (Å²) < 4.78 is 0. The number of carbonyl (C=O) groups excluding carboxylic acids is 1. The molecule has 142 valence electrons. The van der Waals surface area contributed by atoms with E-state index in [4.69, 9.17) is 11.6 Å². The lowest BCUT2D eigenvalue weighted by atomic mass is 10.1. The third kappa shape index (κ3) is 4.06. The van der Waals surface area contributed by atoms with Gasteiger partial charge in [0.1, 0.15) is 0 Å². The van der Waals surface area contributed by atoms with E-state index in [2.05, 4.69) is 34.1 Å². The van der Waals surface area contributed by atoms with Gasteiger partial charge in [0.25, 0.3) is 5.91 Å². The first-order valence-corrected chi connectivity index (χ1v) is 10.2. The fourth-order valence-electron chi connectivity index (χ4n) is 4.00. The number of benzene rings is 2. The Bertz CT molecular complexity index is 778. The standard InChI is InChI=1S/C22H26ClN3O/c23-21-7-3-2-6-20(21)22(27)26-16-14-25(15-17-26)19-10-8-18(9-11-19)24-12-4-1-5-13-24/h2-3,6-11H,1,4-5,12-17H2. The minimum Gasteiger partial charge on any atom is -0.372 e. The summed E-state index contributed by atoms with van der Waals surface area (Å²) in [6.07, 6.45) is 3.94. The molecule has 2 aromatic rings. The summed E-state index contributed by atoms with van der Waals surface area (Å²) in [6.45, 7) is 5.47. The maximum absolute atomic E-state index is 12.7. The molecule has 0 spiro atoms. The van der Waals surface area contributed by atoms with E-state index in [9.17, 15) is 4.79 Å². The Hall–Kier alpha value is -2.20. The van der Waals surface area contributed by atoms with Crippen LogP contribution in [0.5, 0.6) is 0 Å². The minimum atomic E-state index is 0.0284. The highest BCUT2D eigenvalue weighted by Gasteiger charge is 2.23. The zero-order valence-electron chi connectivity index (χ0n) is 15.6. The maximum Gasteiger partial charge on any atom is 0.255 e. The molecule has 0 radical (unpaired) electrons. The van der Waals surface area contributed by atoms with Crippen LogP contribution in [0.15, 0.2) is 48.5 Å². The molecule has 0 unspecified atom stereocenters. The average molecular weight is 384 g/mol. The average Bonchev–Trinajstić information content (AvgIpc) is 2.74. The van der Waals surface area contributed by atoms with E-state index in [1.165, 1.54) is 43.7 Å². The molecule has 0 bridgehead atoms. The molecule has 2 aromatic carbocycles. The van der Waals surface area contributed by atoms with E-state index in [-0.39, 0.29) is 5.91 Å². The van der Waals surface area contributed by atoms with Gasteiger partial charge in [-0.15, -0.1) is 0 Å². The summed E-state index contributed by atoms with van der Waals surface area (Å²) >= 11 is 6.18. The van der Waals surface area contributed by atoms with Gasteiger partial charge in [-0.2, -0.15) is 0 Å². The quantitative estimate of drug-likeness (QED) is 0.790. The number of halogens is 1. The van der Waals surface area contributed by atoms with Crippen LogP contribution in [-0.2, 0) is 0 Å². The van der Waals surface area contributed by atoms with Gasteiger partial charge in [0.2, 0.25) is 0 Å². The molecule has 0 atom stereocenters. The molecule has 0 aliphatic carbocycles. The van der Waals surface area contributed by atoms with Crippen LogP contribution >= 0.6 is 11.6 Å². The number of carbonyl (C=O) groups is 1. The highest BCUT2D eigenvalue weighted by molar-refractivity contribution is 6.33. The molecule has 2 fully saturated rings. The molecule has 0 N–H and O–H groups in total. The molecule has 1 amide bonds. The number of amides is 1. The van der Waals surface area contributed by atoms with E-state index in [1.54, 1.807) is 12.1 Å². The third-order valence-corrected chi connectivity index (χ3v) is 5.94. The second-order valence-corrected chi connectivity index (χ2v) is 7.73. The second kappa shape index (κ2) is 8.22. The lowest BCUT2D eigenvalue weighted by Crippen LogP contribution is -2.48. The van der Waals surface area contributed by atoms with Crippen molar-refractivity contribution in [3.05, 3.63) is 59.1 Å². The second-order valence-electron chi connectivity index (χ2n) is 7.32. The van der Waals surface area contributed by atoms with E-state index in [0.717, 1.165) is 26.2 Å². The Kier molecular flexibility index (Phi) is 5.53. The monoisotopic (exact) mass is 383 g/mol. The third-order valence-electron chi connectivity index (χ3n) is 5.61. The van der Waals surface area contributed by atoms with Gasteiger partial charge in [0, 0.05) is 50.6 Å². The largest absolute Gasteiger partial charge is 0.372 e. The highest BCUT2D eigenvalue weighted by atomic mass is 35.5. The van der Waals surface area contributed by atoms with Gasteiger partial charge < -0.3 is 14.7 Å². The Morgan fingerprint density at radius 3 is 1.85 bits per heavy atom. The smallest absolute Gasteiger partial charge is 0.255 e. The van der Waals surface area contributed by atoms with Crippen molar-refractivity contribution < 1.29 is 4.79 Å². The van der Waals surface area contributed by atoms with Gasteiger partial charge in [0.15, 0.2) is 0 Å². The predicted molar refractivity (Wildman–Crippen MR) is 112 cm³/mol. The first-order valence-electron chi connectivity index (χ1n) is 9.86. The molecule has 2 aliphatic rings. The van der Waals surface area contributed by atoms with Gasteiger partial charge in [-0.3, -0.25) is 4.79 Å². The van der Waals surface area contributed by atoms with Crippen LogP contribution in [0, 0.1) is 0 Å². The number of piperazine rings is 1. The van der Waals surface area contributed by atoms with Crippen LogP contribution < -0.4 is 9.80 Å². The molecule has 4 rings (SSSR count). The lowest BCUT2D eigenvalue weighted by Gasteiger charge is -2.36. The van der Waals surface area contributed by atoms with Crippen molar-refractivity contribution in [1.82, 2.24) is 4.90 Å². The Balaban J connectivity index is 1.36. The first-order chi connectivity index (χ1) is 13.2. The predicted octanol–water partition coefficient (Wildman–Crippen LogP) is 4.29. The number of hydrogen-bond acceptors (Lipinski definition) is 3. The number of anilines is 2. The number of nitrogens with zero attached hydrogens (tertiary/aromatic N) is 3. The number of piperidine rings is 1. The molecule has 2 aliphatic heterocycles. The molecule has 2 heterocycles. The molecule has 0 aromatic heterocycles. The van der Waals surface area contributed by atoms with Crippen LogP contribution in [0.3, 0.4) is 0 Å². The molecular formula is C22H26ClN3O. The molecular weight excluding hydrogens is 358 g/mol. The molecule has 0 saturated carbocycles. The van der Waals surface area contributed by atoms with Crippen LogP contribution in [-0.4, -0.2) is 50.1 Å². The zero-order chi connectivity index (χ0) is 18.6. The Labute approximate surface area is 166 Å². The fraction of sp³-hybridized carbons (Fsp3) is 0.409. The molecule has 2 saturated heterocycles. The van der Waals surface area contributed by atoms with Crippen LogP contribution in [0.1, 0.15) is 29.6 Å². The lowest BCUT2D eigenvalue weighted by molar-refractivity contribution is 0.0747. The van der Waals surface area contributed by atoms with Crippen molar-refractivity contribution in [1.29, 1.82) is 0 Å². The van der Waals surface area contributed by atoms with E-state index in [0.29, 0.717) is 10.6 Å². The van der Waals surface area contributed by atoms with Crippen molar-refractivity contribution in [3.63, 3.8) is 0 Å². The van der Waals surface area contributed by atoms with E-state index >= 15 is 0 Å². The van der Waals surface area contributed by atoms with Gasteiger partial charge in [-0.1, -0.05) is 23.7 Å². The maximum atomic E-state index is 12.7. The number of hydrogen-bond donors (Lipinski definition) is 0. The van der Waals surface area contributed by atoms with Crippen molar-refractivity contribution >= 4 is 28.9 Å². The Morgan fingerprint density at radius 2 is 1.26 bits per heavy atom. The van der Waals surface area contributed by atoms with E-state index in [1.807, 2.05) is 17.0 Å². The van der Waals surface area contributed by atoms with Crippen molar-refractivity contribution in [2.24, 2.45) is 0 Å². The SMILES string of the molecule is O=C(c1ccccc1Cl)N1CCN(c2ccc(N3CCCCC3)cc2)CC1. The summed E-state index contributed by atoms with van der Waals surface area (Å²) in [6, 6.07) is 16.2. The summed E-state index contributed by atoms with van der Waals surface area (Å²) in [7, 11) is 0. The Morgan fingerprint density at radius 1 is 0.704 bits per heavy atom. The summed E-state index contributed by atoms with van der Waals surface area (Å²) in [4.78, 5) is 19.4. The first kappa shape index (κ1) is 18.2. The topological polar surface area (TPSA) is 26.8 Å². The van der Waals surface area contributed by atoms with Crippen LogP contribution in [0.25, 0.3) is 0 Å². The minimum absolute atomic E-state index is 0.0284. The summed E-state index contributed by atoms with van der Waals surface area (Å²) in [5.74, 6) is 0.0284. The van der Waals surface area contributed by atoms with Crippen molar-refractivity contribution in [2.45, 2.75) is 19.3 Å². The number of rotatable bonds is 3. The molecule has 27 heavy (non-hydrogen) atoms. The normalized spacial score (nSPS) is 17.9. The van der Waals surface area contributed by atoms with Gasteiger partial charge in [0.05, 0.1) is 10.6 Å². The summed E-state index contributed by atoms with van der Waals surface area (Å²) in [5.41, 5.74) is 3.16. The van der Waals surface area contributed by atoms with Gasteiger partial charge >= 0.3 is 0 Å². The highest BCUT2D eigenvalue weighted by Crippen LogP contribution is 2.25. The van der Waals surface area contributed by atoms with Crippen LogP contribution in [0.4, 0.5) is 11.4 Å². The van der Waals surface area contributed by atoms with Crippen molar-refractivity contribution in [3.8, 4) is 0 Å². The van der Waals surface area contributed by atoms with Crippen LogP contribution in [0.2, 0.25) is 5.02 Å². The fourth-order valence-corrected chi connectivity index (χ4v) is 4.22. The summed E-state index contributed by atoms with van der Waals surface area (Å²) in [5, 5.41) is 0.526. The van der Waals surface area contributed by atoms with E-state index < -0.39 is 0 Å². The molecule has 4 nitrogen and oxygen atoms in total. The zero-order valence-corrected chi connectivity index (χ0v) is 16.4. The molecule has 5 heteroatoms. The van der Waals surface area contributed by atoms with Crippen molar-refractivity contribution in [2.75, 3.05) is 49.1 Å².